The van der Waals surface area contributed by atoms with E-state index in [1.807, 2.05) is 36.4 Å². The molecule has 4 nitrogen and oxygen atoms in total. The van der Waals surface area contributed by atoms with E-state index in [-0.39, 0.29) is 17.2 Å². The minimum absolute atomic E-state index is 0.176. The van der Waals surface area contributed by atoms with Crippen molar-refractivity contribution in [3.05, 3.63) is 58.5 Å². The minimum Gasteiger partial charge on any atom is -0.462 e. The van der Waals surface area contributed by atoms with Gasteiger partial charge in [0.15, 0.2) is 0 Å². The number of anilines is 1. The fourth-order valence-corrected chi connectivity index (χ4v) is 4.12. The topological polar surface area (TPSA) is 55.4 Å². The van der Waals surface area contributed by atoms with Crippen molar-refractivity contribution in [1.29, 1.82) is 0 Å². The molecule has 0 aliphatic heterocycles. The predicted octanol–water partition coefficient (Wildman–Crippen LogP) is 6.12. The van der Waals surface area contributed by atoms with Crippen molar-refractivity contribution in [2.45, 2.75) is 47.0 Å². The maximum Gasteiger partial charge on any atom is 0.341 e. The van der Waals surface area contributed by atoms with Gasteiger partial charge in [0.05, 0.1) is 12.2 Å². The zero-order valence-corrected chi connectivity index (χ0v) is 18.1. The normalized spacial score (nSPS) is 12.8. The molecule has 5 heteroatoms. The Labute approximate surface area is 171 Å². The van der Waals surface area contributed by atoms with Crippen LogP contribution in [0.5, 0.6) is 0 Å². The molecule has 1 amide bonds. The van der Waals surface area contributed by atoms with Crippen LogP contribution in [0.25, 0.3) is 6.08 Å². The number of esters is 1. The highest BCUT2D eigenvalue weighted by molar-refractivity contribution is 7.16. The van der Waals surface area contributed by atoms with Crippen LogP contribution in [-0.2, 0) is 9.53 Å². The summed E-state index contributed by atoms with van der Waals surface area (Å²) in [5.74, 6) is -0.398. The van der Waals surface area contributed by atoms with Crippen LogP contribution in [0.2, 0.25) is 0 Å². The molecule has 1 N–H and O–H groups in total. The Morgan fingerprint density at radius 2 is 1.89 bits per heavy atom. The monoisotopic (exact) mass is 399 g/mol. The first kappa shape index (κ1) is 21.9. The minimum atomic E-state index is -0.407. The molecule has 1 aromatic carbocycles. The predicted molar refractivity (Wildman–Crippen MR) is 117 cm³/mol. The Kier molecular flexibility index (Phi) is 7.58. The lowest BCUT2D eigenvalue weighted by atomic mass is 9.85. The highest BCUT2D eigenvalue weighted by Crippen LogP contribution is 2.38. The SMILES string of the molecule is CCOC(=O)c1cc(C(C)CC(C)(C)C)sc1NC(=O)/C=C/c1ccccc1. The van der Waals surface area contributed by atoms with E-state index in [4.69, 9.17) is 4.74 Å². The number of amides is 1. The molecule has 2 aromatic rings. The molecule has 150 valence electrons. The molecule has 0 bridgehead atoms. The van der Waals surface area contributed by atoms with E-state index in [9.17, 15) is 9.59 Å². The van der Waals surface area contributed by atoms with Gasteiger partial charge in [-0.05, 0) is 42.4 Å². The van der Waals surface area contributed by atoms with Crippen LogP contribution in [0.1, 0.15) is 67.8 Å². The van der Waals surface area contributed by atoms with Crippen molar-refractivity contribution in [1.82, 2.24) is 0 Å². The van der Waals surface area contributed by atoms with Gasteiger partial charge < -0.3 is 10.1 Å². The van der Waals surface area contributed by atoms with E-state index in [1.54, 1.807) is 13.0 Å². The van der Waals surface area contributed by atoms with Gasteiger partial charge in [-0.3, -0.25) is 4.79 Å². The lowest BCUT2D eigenvalue weighted by Crippen LogP contribution is -2.11. The second-order valence-corrected chi connectivity index (χ2v) is 9.09. The van der Waals surface area contributed by atoms with Crippen molar-refractivity contribution >= 4 is 34.3 Å². The summed E-state index contributed by atoms with van der Waals surface area (Å²) in [5, 5.41) is 3.39. The molecule has 1 unspecified atom stereocenters. The first-order valence-corrected chi connectivity index (χ1v) is 10.4. The summed E-state index contributed by atoms with van der Waals surface area (Å²) < 4.78 is 5.17. The molecule has 0 fully saturated rings. The number of thiophene rings is 1. The van der Waals surface area contributed by atoms with Crippen molar-refractivity contribution < 1.29 is 14.3 Å². The molecule has 0 saturated heterocycles. The quantitative estimate of drug-likeness (QED) is 0.451. The van der Waals surface area contributed by atoms with Crippen molar-refractivity contribution in [3.63, 3.8) is 0 Å². The van der Waals surface area contributed by atoms with Crippen LogP contribution in [0.3, 0.4) is 0 Å². The number of carbonyl (C=O) groups is 2. The molecule has 1 atom stereocenters. The van der Waals surface area contributed by atoms with Gasteiger partial charge in [-0.25, -0.2) is 4.79 Å². The van der Waals surface area contributed by atoms with Crippen LogP contribution >= 0.6 is 11.3 Å². The summed E-state index contributed by atoms with van der Waals surface area (Å²) in [7, 11) is 0. The van der Waals surface area contributed by atoms with Gasteiger partial charge in [-0.15, -0.1) is 11.3 Å². The Balaban J connectivity index is 2.21. The summed E-state index contributed by atoms with van der Waals surface area (Å²) in [6.45, 7) is 10.8. The number of rotatable bonds is 7. The van der Waals surface area contributed by atoms with Gasteiger partial charge in [0.1, 0.15) is 5.00 Å². The molecule has 0 spiro atoms. The molecular formula is C23H29NO3S. The fourth-order valence-electron chi connectivity index (χ4n) is 3.02. The van der Waals surface area contributed by atoms with Crippen LogP contribution in [0.15, 0.2) is 42.5 Å². The van der Waals surface area contributed by atoms with E-state index in [1.165, 1.54) is 17.4 Å². The van der Waals surface area contributed by atoms with E-state index >= 15 is 0 Å². The zero-order chi connectivity index (χ0) is 20.7. The van der Waals surface area contributed by atoms with Gasteiger partial charge in [0.2, 0.25) is 5.91 Å². The average Bonchev–Trinajstić information content (AvgIpc) is 3.04. The van der Waals surface area contributed by atoms with Crippen LogP contribution < -0.4 is 5.32 Å². The molecular weight excluding hydrogens is 370 g/mol. The number of benzene rings is 1. The Morgan fingerprint density at radius 3 is 2.50 bits per heavy atom. The average molecular weight is 400 g/mol. The van der Waals surface area contributed by atoms with E-state index in [0.717, 1.165) is 16.9 Å². The Morgan fingerprint density at radius 1 is 1.21 bits per heavy atom. The molecule has 0 aliphatic carbocycles. The summed E-state index contributed by atoms with van der Waals surface area (Å²) in [6.07, 6.45) is 4.20. The molecule has 0 aliphatic rings. The Bertz CT molecular complexity index is 831. The third-order valence-corrected chi connectivity index (χ3v) is 5.40. The molecule has 0 saturated carbocycles. The van der Waals surface area contributed by atoms with E-state index < -0.39 is 5.97 Å². The number of carbonyl (C=O) groups excluding carboxylic acids is 2. The van der Waals surface area contributed by atoms with Gasteiger partial charge in [-0.1, -0.05) is 58.0 Å². The van der Waals surface area contributed by atoms with Crippen LogP contribution in [-0.4, -0.2) is 18.5 Å². The number of ether oxygens (including phenoxy) is 1. The summed E-state index contributed by atoms with van der Waals surface area (Å²) >= 11 is 1.45. The van der Waals surface area contributed by atoms with Gasteiger partial charge >= 0.3 is 5.97 Å². The summed E-state index contributed by atoms with van der Waals surface area (Å²) in [6, 6.07) is 11.5. The smallest absolute Gasteiger partial charge is 0.341 e. The van der Waals surface area contributed by atoms with Crippen LogP contribution in [0.4, 0.5) is 5.00 Å². The number of nitrogens with one attached hydrogen (secondary N) is 1. The number of hydrogen-bond donors (Lipinski definition) is 1. The van der Waals surface area contributed by atoms with Crippen molar-refractivity contribution in [2.24, 2.45) is 5.41 Å². The van der Waals surface area contributed by atoms with Crippen molar-refractivity contribution in [2.75, 3.05) is 11.9 Å². The standard InChI is InChI=1S/C23H29NO3S/c1-6-27-22(26)18-14-19(16(2)15-23(3,4)5)28-21(18)24-20(25)13-12-17-10-8-7-9-11-17/h7-14,16H,6,15H2,1-5H3,(H,24,25)/b13-12+. The van der Waals surface area contributed by atoms with Crippen LogP contribution in [0, 0.1) is 5.41 Å². The maximum absolute atomic E-state index is 12.4. The number of hydrogen-bond acceptors (Lipinski definition) is 4. The molecule has 2 rings (SSSR count). The maximum atomic E-state index is 12.4. The van der Waals surface area contributed by atoms with Gasteiger partial charge in [0.25, 0.3) is 0 Å². The second-order valence-electron chi connectivity index (χ2n) is 8.01. The van der Waals surface area contributed by atoms with Gasteiger partial charge in [-0.2, -0.15) is 0 Å². The van der Waals surface area contributed by atoms with Crippen molar-refractivity contribution in [3.8, 4) is 0 Å². The largest absolute Gasteiger partial charge is 0.462 e. The molecule has 0 radical (unpaired) electrons. The second kappa shape index (κ2) is 9.69. The lowest BCUT2D eigenvalue weighted by Gasteiger charge is -2.22. The first-order valence-electron chi connectivity index (χ1n) is 9.54. The van der Waals surface area contributed by atoms with E-state index in [0.29, 0.717) is 17.2 Å². The van der Waals surface area contributed by atoms with Gasteiger partial charge in [0, 0.05) is 11.0 Å². The van der Waals surface area contributed by atoms with E-state index in [2.05, 4.69) is 33.0 Å². The summed E-state index contributed by atoms with van der Waals surface area (Å²) in [4.78, 5) is 25.8. The highest BCUT2D eigenvalue weighted by Gasteiger charge is 2.23. The molecule has 1 heterocycles. The first-order chi connectivity index (χ1) is 13.2. The molecule has 1 aromatic heterocycles. The zero-order valence-electron chi connectivity index (χ0n) is 17.2. The lowest BCUT2D eigenvalue weighted by molar-refractivity contribution is -0.111. The third-order valence-electron chi connectivity index (χ3n) is 4.11. The third kappa shape index (κ3) is 6.64. The highest BCUT2D eigenvalue weighted by atomic mass is 32.1. The fraction of sp³-hybridized carbons (Fsp3) is 0.391. The molecule has 28 heavy (non-hydrogen) atoms. The Hall–Kier alpha value is -2.40. The summed E-state index contributed by atoms with van der Waals surface area (Å²) in [5.41, 5.74) is 1.54.